The van der Waals surface area contributed by atoms with Gasteiger partial charge in [0.15, 0.2) is 5.13 Å². The third-order valence-electron chi connectivity index (χ3n) is 3.85. The van der Waals surface area contributed by atoms with Crippen LogP contribution in [0.25, 0.3) is 0 Å². The number of hydrogen-bond donors (Lipinski definition) is 3. The summed E-state index contributed by atoms with van der Waals surface area (Å²) in [6, 6.07) is 10.7. The summed E-state index contributed by atoms with van der Waals surface area (Å²) in [5.41, 5.74) is 8.22. The maximum atomic E-state index is 9.55. The van der Waals surface area contributed by atoms with Crippen LogP contribution in [0.5, 0.6) is 0 Å². The number of carbonyl (C=O) groups is 2. The average molecular weight is 406 g/mol. The van der Waals surface area contributed by atoms with Crippen LogP contribution >= 0.6 is 11.3 Å². The Labute approximate surface area is 169 Å². The molecule has 2 rings (SSSR count). The van der Waals surface area contributed by atoms with E-state index < -0.39 is 11.9 Å². The van der Waals surface area contributed by atoms with Gasteiger partial charge in [0, 0.05) is 23.6 Å². The van der Waals surface area contributed by atoms with E-state index in [1.165, 1.54) is 10.4 Å². The molecular weight excluding hydrogens is 378 g/mol. The van der Waals surface area contributed by atoms with Crippen molar-refractivity contribution in [2.24, 2.45) is 0 Å². The molecule has 1 aromatic heterocycles. The third kappa shape index (κ3) is 10.4. The van der Waals surface area contributed by atoms with Gasteiger partial charge in [0.05, 0.1) is 5.69 Å². The lowest BCUT2D eigenvalue weighted by atomic mass is 10.1. The summed E-state index contributed by atoms with van der Waals surface area (Å²) in [7, 11) is 2.19. The number of benzene rings is 1. The second-order valence-electron chi connectivity index (χ2n) is 6.21. The van der Waals surface area contributed by atoms with Crippen LogP contribution in [0.3, 0.4) is 0 Å². The molecule has 0 aliphatic carbocycles. The molecule has 8 heteroatoms. The number of anilines is 1. The number of nitrogens with two attached hydrogens (primary N) is 1. The molecule has 0 radical (unpaired) electrons. The molecule has 152 valence electrons. The number of aromatic nitrogens is 1. The van der Waals surface area contributed by atoms with Gasteiger partial charge in [-0.3, -0.25) is 0 Å². The highest BCUT2D eigenvalue weighted by atomic mass is 32.1. The third-order valence-corrected chi connectivity index (χ3v) is 4.89. The molecule has 0 atom stereocenters. The van der Waals surface area contributed by atoms with Gasteiger partial charge >= 0.3 is 11.9 Å². The maximum Gasteiger partial charge on any atom is 0.328 e. The molecule has 0 aliphatic heterocycles. The van der Waals surface area contributed by atoms with Crippen LogP contribution < -0.4 is 5.73 Å². The number of thiazole rings is 1. The monoisotopic (exact) mass is 405 g/mol. The van der Waals surface area contributed by atoms with Gasteiger partial charge in [0.1, 0.15) is 0 Å². The highest BCUT2D eigenvalue weighted by molar-refractivity contribution is 7.15. The van der Waals surface area contributed by atoms with Crippen LogP contribution in [-0.4, -0.2) is 52.2 Å². The second kappa shape index (κ2) is 12.6. The lowest BCUT2D eigenvalue weighted by Crippen LogP contribution is -2.22. The molecule has 7 nitrogen and oxygen atoms in total. The van der Waals surface area contributed by atoms with Crippen LogP contribution in [0.4, 0.5) is 5.13 Å². The molecule has 4 N–H and O–H groups in total. The lowest BCUT2D eigenvalue weighted by molar-refractivity contribution is -0.134. The number of carboxylic acids is 2. The van der Waals surface area contributed by atoms with Crippen molar-refractivity contribution < 1.29 is 19.8 Å². The fourth-order valence-corrected chi connectivity index (χ4v) is 3.29. The number of aryl methyl sites for hydroxylation is 2. The van der Waals surface area contributed by atoms with E-state index in [4.69, 9.17) is 15.9 Å². The molecule has 0 amide bonds. The Morgan fingerprint density at radius 3 is 2.21 bits per heavy atom. The Bertz CT molecular complexity index is 759. The lowest BCUT2D eigenvalue weighted by Gasteiger charge is -2.16. The molecule has 2 aromatic rings. The van der Waals surface area contributed by atoms with Crippen LogP contribution in [-0.2, 0) is 22.4 Å². The number of carboxylic acid groups (broad SMARTS) is 2. The average Bonchev–Trinajstić information content (AvgIpc) is 2.97. The van der Waals surface area contributed by atoms with Gasteiger partial charge in [-0.25, -0.2) is 14.6 Å². The summed E-state index contributed by atoms with van der Waals surface area (Å²) in [6.45, 7) is 4.26. The minimum absolute atomic E-state index is 0.558. The van der Waals surface area contributed by atoms with E-state index >= 15 is 0 Å². The largest absolute Gasteiger partial charge is 0.478 e. The van der Waals surface area contributed by atoms with Gasteiger partial charge < -0.3 is 20.8 Å². The zero-order valence-corrected chi connectivity index (χ0v) is 17.0. The molecule has 0 saturated carbocycles. The van der Waals surface area contributed by atoms with Crippen LogP contribution in [0.15, 0.2) is 42.5 Å². The number of aliphatic carboxylic acids is 2. The number of hydrogen-bond acceptors (Lipinski definition) is 6. The van der Waals surface area contributed by atoms with Gasteiger partial charge in [-0.05, 0) is 45.3 Å². The molecule has 1 aromatic carbocycles. The minimum atomic E-state index is -1.26. The second-order valence-corrected chi connectivity index (χ2v) is 7.33. The standard InChI is InChI=1S/C16H23N3S.C4H4O4/c1-13-15(20-16(17)18-13)9-6-11-19(2)12-10-14-7-4-3-5-8-14;5-3(6)1-2-4(7)8/h3-5,7-8H,6,9-12H2,1-2H3,(H2,17,18);1-2H,(H,5,6)(H,7,8). The highest BCUT2D eigenvalue weighted by Gasteiger charge is 2.06. The van der Waals surface area contributed by atoms with Crippen molar-refractivity contribution in [2.45, 2.75) is 26.2 Å². The van der Waals surface area contributed by atoms with E-state index in [1.807, 2.05) is 6.92 Å². The summed E-state index contributed by atoms with van der Waals surface area (Å²) in [5, 5.41) is 16.3. The number of likely N-dealkylation sites (N-methyl/N-ethyl adjacent to an activating group) is 1. The molecule has 0 spiro atoms. The van der Waals surface area contributed by atoms with Crippen LogP contribution in [0, 0.1) is 6.92 Å². The zero-order valence-electron chi connectivity index (χ0n) is 16.2. The van der Waals surface area contributed by atoms with E-state index in [1.54, 1.807) is 11.3 Å². The van der Waals surface area contributed by atoms with E-state index in [0.29, 0.717) is 17.3 Å². The number of nitrogen functional groups attached to an aromatic ring is 1. The van der Waals surface area contributed by atoms with Gasteiger partial charge in [0.2, 0.25) is 0 Å². The number of rotatable bonds is 9. The smallest absolute Gasteiger partial charge is 0.328 e. The van der Waals surface area contributed by atoms with Crippen molar-refractivity contribution in [1.82, 2.24) is 9.88 Å². The van der Waals surface area contributed by atoms with Crippen molar-refractivity contribution in [3.8, 4) is 0 Å². The first-order chi connectivity index (χ1) is 13.3. The van der Waals surface area contributed by atoms with Gasteiger partial charge in [-0.1, -0.05) is 30.3 Å². The first-order valence-corrected chi connectivity index (χ1v) is 9.67. The van der Waals surface area contributed by atoms with E-state index in [2.05, 4.69) is 47.3 Å². The number of nitrogens with zero attached hydrogens (tertiary/aromatic N) is 2. The zero-order chi connectivity index (χ0) is 20.9. The summed E-state index contributed by atoms with van der Waals surface area (Å²) in [5.74, 6) is -2.51. The molecular formula is C20H27N3O4S. The summed E-state index contributed by atoms with van der Waals surface area (Å²) < 4.78 is 0. The Kier molecular flexibility index (Phi) is 10.5. The normalized spacial score (nSPS) is 10.7. The molecule has 0 fully saturated rings. The van der Waals surface area contributed by atoms with Gasteiger partial charge in [0.25, 0.3) is 0 Å². The fraction of sp³-hybridized carbons (Fsp3) is 0.350. The van der Waals surface area contributed by atoms with E-state index in [9.17, 15) is 9.59 Å². The fourth-order valence-electron chi connectivity index (χ4n) is 2.41. The molecule has 28 heavy (non-hydrogen) atoms. The highest BCUT2D eigenvalue weighted by Crippen LogP contribution is 2.21. The molecule has 0 bridgehead atoms. The topological polar surface area (TPSA) is 117 Å². The summed E-state index contributed by atoms with van der Waals surface area (Å²) >= 11 is 1.62. The maximum absolute atomic E-state index is 9.55. The molecule has 0 unspecified atom stereocenters. The molecule has 0 saturated heterocycles. The van der Waals surface area contributed by atoms with Gasteiger partial charge in [-0.2, -0.15) is 0 Å². The van der Waals surface area contributed by atoms with Crippen molar-refractivity contribution >= 4 is 28.4 Å². The van der Waals surface area contributed by atoms with Crippen LogP contribution in [0.2, 0.25) is 0 Å². The molecule has 0 aliphatic rings. The van der Waals surface area contributed by atoms with Crippen LogP contribution in [0.1, 0.15) is 22.6 Å². The van der Waals surface area contributed by atoms with E-state index in [-0.39, 0.29) is 0 Å². The molecule has 1 heterocycles. The van der Waals surface area contributed by atoms with Crippen molar-refractivity contribution in [1.29, 1.82) is 0 Å². The van der Waals surface area contributed by atoms with Crippen molar-refractivity contribution in [2.75, 3.05) is 25.9 Å². The summed E-state index contributed by atoms with van der Waals surface area (Å²) in [4.78, 5) is 27.1. The Hall–Kier alpha value is -2.71. The SMILES string of the molecule is Cc1nc(N)sc1CCCN(C)CCc1ccccc1.O=C(O)C=CC(=O)O. The van der Waals surface area contributed by atoms with Crippen molar-refractivity contribution in [3.05, 3.63) is 58.6 Å². The summed E-state index contributed by atoms with van der Waals surface area (Å²) in [6.07, 6.45) is 4.47. The Balaban J connectivity index is 0.000000416. The minimum Gasteiger partial charge on any atom is -0.478 e. The van der Waals surface area contributed by atoms with Gasteiger partial charge in [-0.15, -0.1) is 11.3 Å². The van der Waals surface area contributed by atoms with Crippen molar-refractivity contribution in [3.63, 3.8) is 0 Å². The quantitative estimate of drug-likeness (QED) is 0.549. The Morgan fingerprint density at radius 1 is 1.11 bits per heavy atom. The van der Waals surface area contributed by atoms with E-state index in [0.717, 1.165) is 38.0 Å². The predicted molar refractivity (Wildman–Crippen MR) is 112 cm³/mol. The first-order valence-electron chi connectivity index (χ1n) is 8.86. The predicted octanol–water partition coefficient (Wildman–Crippen LogP) is 2.85. The first kappa shape index (κ1) is 23.3. The Morgan fingerprint density at radius 2 is 1.71 bits per heavy atom.